The average molecular weight is 325 g/mol. The van der Waals surface area contributed by atoms with E-state index in [0.29, 0.717) is 5.69 Å². The van der Waals surface area contributed by atoms with E-state index in [4.69, 9.17) is 5.73 Å². The maximum Gasteiger partial charge on any atom is 0.0931 e. The monoisotopic (exact) mass is 325 g/mol. The zero-order valence-corrected chi connectivity index (χ0v) is 13.8. The summed E-state index contributed by atoms with van der Waals surface area (Å²) in [5.41, 5.74) is 10.6. The molecule has 4 rings (SSSR count). The fraction of sp³-hybridized carbons (Fsp3) is 0. The highest BCUT2D eigenvalue weighted by Gasteiger charge is 2.00. The van der Waals surface area contributed by atoms with Crippen molar-refractivity contribution in [3.8, 4) is 22.5 Å². The highest BCUT2D eigenvalue weighted by Crippen LogP contribution is 2.21. The molecule has 0 aliphatic carbocycles. The third-order valence-corrected chi connectivity index (χ3v) is 3.62. The van der Waals surface area contributed by atoms with Gasteiger partial charge in [-0.3, -0.25) is 9.97 Å². The number of nitrogens with zero attached hydrogens (tertiary/aromatic N) is 2. The molecule has 0 atom stereocenters. The molecular formula is C22H19N3. The number of hydrogen-bond donors (Lipinski definition) is 1. The van der Waals surface area contributed by atoms with Crippen molar-refractivity contribution in [1.29, 1.82) is 0 Å². The lowest BCUT2D eigenvalue weighted by Gasteiger charge is -2.02. The Morgan fingerprint density at radius 2 is 1.12 bits per heavy atom. The first-order chi connectivity index (χ1) is 12.3. The second-order valence-electron chi connectivity index (χ2n) is 5.39. The molecule has 25 heavy (non-hydrogen) atoms. The molecule has 0 aliphatic rings. The van der Waals surface area contributed by atoms with Crippen LogP contribution in [0.4, 0.5) is 5.69 Å². The van der Waals surface area contributed by atoms with Gasteiger partial charge < -0.3 is 5.73 Å². The fourth-order valence-electron chi connectivity index (χ4n) is 2.40. The van der Waals surface area contributed by atoms with Crippen LogP contribution in [0.15, 0.2) is 103 Å². The zero-order valence-electron chi connectivity index (χ0n) is 13.8. The molecule has 0 spiro atoms. The Bertz CT molecular complexity index is 854. The van der Waals surface area contributed by atoms with Crippen molar-refractivity contribution in [2.75, 3.05) is 5.73 Å². The van der Waals surface area contributed by atoms with Gasteiger partial charge in [-0.2, -0.15) is 0 Å². The van der Waals surface area contributed by atoms with Crippen molar-refractivity contribution < 1.29 is 0 Å². The molecule has 4 aromatic rings. The summed E-state index contributed by atoms with van der Waals surface area (Å²) >= 11 is 0. The van der Waals surface area contributed by atoms with E-state index < -0.39 is 0 Å². The van der Waals surface area contributed by atoms with Crippen LogP contribution in [0.25, 0.3) is 22.5 Å². The van der Waals surface area contributed by atoms with Crippen LogP contribution in [0, 0.1) is 0 Å². The van der Waals surface area contributed by atoms with E-state index in [2.05, 4.69) is 22.1 Å². The Kier molecular flexibility index (Phi) is 5.52. The topological polar surface area (TPSA) is 51.8 Å². The van der Waals surface area contributed by atoms with Crippen LogP contribution in [0.2, 0.25) is 0 Å². The minimum absolute atomic E-state index is 0.716. The van der Waals surface area contributed by atoms with Crippen molar-refractivity contribution >= 4 is 5.69 Å². The van der Waals surface area contributed by atoms with E-state index in [0.717, 1.165) is 22.5 Å². The summed E-state index contributed by atoms with van der Waals surface area (Å²) in [6.07, 6.45) is 3.56. The first kappa shape index (κ1) is 16.4. The van der Waals surface area contributed by atoms with E-state index in [1.165, 1.54) is 0 Å². The fourth-order valence-corrected chi connectivity index (χ4v) is 2.40. The third kappa shape index (κ3) is 4.52. The molecule has 3 nitrogen and oxygen atoms in total. The molecular weight excluding hydrogens is 306 g/mol. The number of benzene rings is 2. The SMILES string of the molecule is Nc1cccnc1-c1ccccc1.c1ccc(-c2ccccn2)cc1. The number of nitrogen functional groups attached to an aromatic ring is 1. The number of hydrogen-bond acceptors (Lipinski definition) is 3. The average Bonchev–Trinajstić information content (AvgIpc) is 2.71. The van der Waals surface area contributed by atoms with E-state index in [9.17, 15) is 0 Å². The van der Waals surface area contributed by atoms with Crippen LogP contribution in [0.1, 0.15) is 0 Å². The lowest BCUT2D eigenvalue weighted by atomic mass is 10.1. The molecule has 2 heterocycles. The van der Waals surface area contributed by atoms with Gasteiger partial charge in [-0.1, -0.05) is 66.7 Å². The van der Waals surface area contributed by atoms with E-state index >= 15 is 0 Å². The largest absolute Gasteiger partial charge is 0.397 e. The summed E-state index contributed by atoms with van der Waals surface area (Å²) in [4.78, 5) is 8.47. The number of aromatic nitrogens is 2. The summed E-state index contributed by atoms with van der Waals surface area (Å²) in [7, 11) is 0. The van der Waals surface area contributed by atoms with E-state index in [-0.39, 0.29) is 0 Å². The molecule has 0 saturated carbocycles. The van der Waals surface area contributed by atoms with Crippen LogP contribution in [-0.4, -0.2) is 9.97 Å². The Labute approximate surface area is 147 Å². The van der Waals surface area contributed by atoms with Gasteiger partial charge in [0.25, 0.3) is 0 Å². The highest BCUT2D eigenvalue weighted by atomic mass is 14.7. The second kappa shape index (κ2) is 8.41. The van der Waals surface area contributed by atoms with Gasteiger partial charge in [-0.05, 0) is 24.3 Å². The molecule has 3 heteroatoms. The Balaban J connectivity index is 0.000000146. The molecule has 0 unspecified atom stereocenters. The third-order valence-electron chi connectivity index (χ3n) is 3.62. The minimum Gasteiger partial charge on any atom is -0.397 e. The van der Waals surface area contributed by atoms with Gasteiger partial charge in [0.1, 0.15) is 0 Å². The molecule has 0 aliphatic heterocycles. The van der Waals surface area contributed by atoms with Gasteiger partial charge in [0, 0.05) is 23.5 Å². The van der Waals surface area contributed by atoms with Crippen molar-refractivity contribution in [3.05, 3.63) is 103 Å². The molecule has 0 bridgehead atoms. The summed E-state index contributed by atoms with van der Waals surface area (Å²) in [5.74, 6) is 0. The Morgan fingerprint density at radius 3 is 1.72 bits per heavy atom. The zero-order chi connectivity index (χ0) is 17.3. The van der Waals surface area contributed by atoms with Crippen LogP contribution >= 0.6 is 0 Å². The number of rotatable bonds is 2. The standard InChI is InChI=1S/C11H10N2.C11H9N/c12-10-7-4-8-13-11(10)9-5-2-1-3-6-9;1-2-6-10(7-3-1)11-8-4-5-9-12-11/h1-8H,12H2;1-9H. The van der Waals surface area contributed by atoms with Gasteiger partial charge in [0.15, 0.2) is 0 Å². The first-order valence-corrected chi connectivity index (χ1v) is 8.07. The molecule has 0 radical (unpaired) electrons. The number of nitrogens with two attached hydrogens (primary N) is 1. The molecule has 122 valence electrons. The van der Waals surface area contributed by atoms with Crippen molar-refractivity contribution in [3.63, 3.8) is 0 Å². The smallest absolute Gasteiger partial charge is 0.0931 e. The summed E-state index contributed by atoms with van der Waals surface area (Å²) < 4.78 is 0. The molecule has 0 amide bonds. The summed E-state index contributed by atoms with van der Waals surface area (Å²) in [6, 6.07) is 29.7. The van der Waals surface area contributed by atoms with E-state index in [1.807, 2.05) is 85.1 Å². The van der Waals surface area contributed by atoms with Crippen LogP contribution < -0.4 is 5.73 Å². The molecule has 0 fully saturated rings. The Hall–Kier alpha value is -3.46. The molecule has 0 saturated heterocycles. The van der Waals surface area contributed by atoms with Crippen molar-refractivity contribution in [2.24, 2.45) is 0 Å². The molecule has 2 aromatic carbocycles. The first-order valence-electron chi connectivity index (χ1n) is 8.07. The molecule has 2 N–H and O–H groups in total. The lowest BCUT2D eigenvalue weighted by Crippen LogP contribution is -1.91. The van der Waals surface area contributed by atoms with Gasteiger partial charge in [-0.15, -0.1) is 0 Å². The van der Waals surface area contributed by atoms with Crippen LogP contribution in [-0.2, 0) is 0 Å². The predicted molar refractivity (Wildman–Crippen MR) is 104 cm³/mol. The normalized spacial score (nSPS) is 9.76. The number of pyridine rings is 2. The van der Waals surface area contributed by atoms with Crippen LogP contribution in [0.3, 0.4) is 0 Å². The Morgan fingerprint density at radius 1 is 0.520 bits per heavy atom. The minimum atomic E-state index is 0.716. The van der Waals surface area contributed by atoms with Gasteiger partial charge in [0.2, 0.25) is 0 Å². The van der Waals surface area contributed by atoms with Gasteiger partial charge in [0.05, 0.1) is 17.1 Å². The van der Waals surface area contributed by atoms with Gasteiger partial charge in [-0.25, -0.2) is 0 Å². The maximum absolute atomic E-state index is 5.79. The van der Waals surface area contributed by atoms with Crippen molar-refractivity contribution in [2.45, 2.75) is 0 Å². The summed E-state index contributed by atoms with van der Waals surface area (Å²) in [5, 5.41) is 0. The maximum atomic E-state index is 5.79. The van der Waals surface area contributed by atoms with Crippen LogP contribution in [0.5, 0.6) is 0 Å². The van der Waals surface area contributed by atoms with Gasteiger partial charge >= 0.3 is 0 Å². The second-order valence-corrected chi connectivity index (χ2v) is 5.39. The molecule has 2 aromatic heterocycles. The summed E-state index contributed by atoms with van der Waals surface area (Å²) in [6.45, 7) is 0. The highest BCUT2D eigenvalue weighted by molar-refractivity contribution is 5.71. The quantitative estimate of drug-likeness (QED) is 0.559. The number of anilines is 1. The van der Waals surface area contributed by atoms with Crippen molar-refractivity contribution in [1.82, 2.24) is 9.97 Å². The predicted octanol–water partition coefficient (Wildman–Crippen LogP) is 5.08. The lowest BCUT2D eigenvalue weighted by molar-refractivity contribution is 1.33. The van der Waals surface area contributed by atoms with E-state index in [1.54, 1.807) is 6.20 Å².